The van der Waals surface area contributed by atoms with Crippen LogP contribution in [0, 0.1) is 0 Å². The number of amides is 1. The number of phenolic OH excluding ortho intramolecular Hbond substituents is 1. The molecule has 0 atom stereocenters. The predicted molar refractivity (Wildman–Crippen MR) is 89.9 cm³/mol. The third-order valence-corrected chi connectivity index (χ3v) is 3.71. The number of nitrogens with one attached hydrogen (secondary N) is 2. The number of anilines is 1. The second-order valence-electron chi connectivity index (χ2n) is 5.31. The largest absolute Gasteiger partial charge is 0.508 e. The molecule has 3 N–H and O–H groups in total. The fraction of sp³-hybridized carbons (Fsp3) is 0. The fourth-order valence-electron chi connectivity index (χ4n) is 2.53. The molecule has 118 valence electrons. The van der Waals surface area contributed by atoms with Crippen LogP contribution in [0.4, 0.5) is 5.82 Å². The zero-order valence-electron chi connectivity index (χ0n) is 12.5. The Labute approximate surface area is 136 Å². The lowest BCUT2D eigenvalue weighted by Gasteiger charge is -2.04. The van der Waals surface area contributed by atoms with Crippen molar-refractivity contribution in [2.24, 2.45) is 0 Å². The molecular formula is C18H13N3O3. The van der Waals surface area contributed by atoms with E-state index in [9.17, 15) is 9.90 Å². The second-order valence-corrected chi connectivity index (χ2v) is 5.31. The highest BCUT2D eigenvalue weighted by Gasteiger charge is 2.13. The molecule has 4 aromatic rings. The van der Waals surface area contributed by atoms with Crippen molar-refractivity contribution in [2.45, 2.75) is 0 Å². The first-order chi connectivity index (χ1) is 11.7. The van der Waals surface area contributed by atoms with Crippen LogP contribution in [0.3, 0.4) is 0 Å². The van der Waals surface area contributed by atoms with Crippen molar-refractivity contribution >= 4 is 22.6 Å². The van der Waals surface area contributed by atoms with Gasteiger partial charge in [0.1, 0.15) is 11.5 Å². The van der Waals surface area contributed by atoms with Crippen molar-refractivity contribution in [1.82, 2.24) is 10.2 Å². The molecule has 6 nitrogen and oxygen atoms in total. The summed E-state index contributed by atoms with van der Waals surface area (Å²) >= 11 is 0. The Balaban J connectivity index is 1.69. The van der Waals surface area contributed by atoms with Crippen LogP contribution in [0.5, 0.6) is 5.75 Å². The molecule has 4 rings (SSSR count). The second kappa shape index (κ2) is 5.58. The molecule has 0 fully saturated rings. The first kappa shape index (κ1) is 14.1. The average molecular weight is 319 g/mol. The number of rotatable bonds is 3. The molecule has 0 unspecified atom stereocenters. The molecule has 6 heteroatoms. The van der Waals surface area contributed by atoms with E-state index in [1.165, 1.54) is 12.1 Å². The van der Waals surface area contributed by atoms with Gasteiger partial charge in [0.15, 0.2) is 5.82 Å². The van der Waals surface area contributed by atoms with Gasteiger partial charge in [-0.25, -0.2) is 0 Å². The summed E-state index contributed by atoms with van der Waals surface area (Å²) in [5, 5.41) is 20.1. The van der Waals surface area contributed by atoms with E-state index in [0.717, 1.165) is 22.2 Å². The molecule has 1 amide bonds. The van der Waals surface area contributed by atoms with Crippen LogP contribution in [0.1, 0.15) is 10.4 Å². The smallest absolute Gasteiger partial charge is 0.257 e. The van der Waals surface area contributed by atoms with E-state index in [2.05, 4.69) is 15.5 Å². The molecule has 0 aliphatic carbocycles. The summed E-state index contributed by atoms with van der Waals surface area (Å²) in [6.07, 6.45) is 1.61. The first-order valence-corrected chi connectivity index (χ1v) is 7.33. The van der Waals surface area contributed by atoms with Crippen molar-refractivity contribution < 1.29 is 14.3 Å². The van der Waals surface area contributed by atoms with Gasteiger partial charge in [-0.1, -0.05) is 6.07 Å². The quantitative estimate of drug-likeness (QED) is 0.536. The van der Waals surface area contributed by atoms with Gasteiger partial charge in [0.25, 0.3) is 5.91 Å². The molecule has 0 spiro atoms. The van der Waals surface area contributed by atoms with E-state index in [0.29, 0.717) is 11.4 Å². The predicted octanol–water partition coefficient (Wildman–Crippen LogP) is 3.78. The number of H-pyrrole nitrogens is 1. The highest BCUT2D eigenvalue weighted by atomic mass is 16.3. The summed E-state index contributed by atoms with van der Waals surface area (Å²) in [5.41, 5.74) is 2.05. The lowest BCUT2D eigenvalue weighted by Crippen LogP contribution is -2.12. The maximum absolute atomic E-state index is 12.3. The summed E-state index contributed by atoms with van der Waals surface area (Å²) in [5.74, 6) is 0.854. The van der Waals surface area contributed by atoms with Crippen molar-refractivity contribution in [3.05, 3.63) is 66.4 Å². The van der Waals surface area contributed by atoms with Gasteiger partial charge in [-0.2, -0.15) is 5.10 Å². The number of benzene rings is 2. The van der Waals surface area contributed by atoms with Gasteiger partial charge in [0.2, 0.25) is 0 Å². The van der Waals surface area contributed by atoms with Crippen LogP contribution in [0.25, 0.3) is 22.2 Å². The summed E-state index contributed by atoms with van der Waals surface area (Å²) in [6.45, 7) is 0. The van der Waals surface area contributed by atoms with Gasteiger partial charge in [0.05, 0.1) is 11.8 Å². The number of phenols is 1. The van der Waals surface area contributed by atoms with Crippen molar-refractivity contribution in [1.29, 1.82) is 0 Å². The number of hydrogen-bond donors (Lipinski definition) is 3. The number of aromatic amines is 1. The number of furan rings is 1. The van der Waals surface area contributed by atoms with E-state index >= 15 is 0 Å². The van der Waals surface area contributed by atoms with Crippen LogP contribution >= 0.6 is 0 Å². The average Bonchev–Trinajstić information content (AvgIpc) is 3.25. The van der Waals surface area contributed by atoms with E-state index in [1.807, 2.05) is 30.3 Å². The van der Waals surface area contributed by atoms with Crippen LogP contribution in [0.2, 0.25) is 0 Å². The maximum Gasteiger partial charge on any atom is 0.257 e. The Kier molecular flexibility index (Phi) is 3.28. The highest BCUT2D eigenvalue weighted by Crippen LogP contribution is 2.28. The number of aromatic nitrogens is 2. The number of aromatic hydroxyl groups is 1. The molecule has 0 radical (unpaired) electrons. The molecule has 2 heterocycles. The van der Waals surface area contributed by atoms with Gasteiger partial charge < -0.3 is 14.8 Å². The highest BCUT2D eigenvalue weighted by molar-refractivity contribution is 6.08. The summed E-state index contributed by atoms with van der Waals surface area (Å²) in [6, 6.07) is 15.5. The number of carbonyl (C=O) groups is 1. The minimum Gasteiger partial charge on any atom is -0.508 e. The van der Waals surface area contributed by atoms with Crippen molar-refractivity contribution in [2.75, 3.05) is 5.32 Å². The molecular weight excluding hydrogens is 306 g/mol. The topological polar surface area (TPSA) is 91.2 Å². The minimum absolute atomic E-state index is 0.0367. The Morgan fingerprint density at radius 2 is 2.04 bits per heavy atom. The Hall–Kier alpha value is -3.54. The number of fused-ring (bicyclic) bond motifs is 1. The molecule has 0 bridgehead atoms. The molecule has 24 heavy (non-hydrogen) atoms. The van der Waals surface area contributed by atoms with E-state index in [1.54, 1.807) is 18.4 Å². The zero-order valence-corrected chi connectivity index (χ0v) is 12.5. The molecule has 2 aromatic carbocycles. The van der Waals surface area contributed by atoms with Gasteiger partial charge in [-0.3, -0.25) is 9.89 Å². The van der Waals surface area contributed by atoms with Crippen LogP contribution in [0.15, 0.2) is 65.3 Å². The van der Waals surface area contributed by atoms with Crippen molar-refractivity contribution in [3.8, 4) is 17.1 Å². The zero-order chi connectivity index (χ0) is 16.5. The molecule has 0 aliphatic heterocycles. The number of nitrogens with zero attached hydrogens (tertiary/aromatic N) is 1. The SMILES string of the molecule is O=C(Nc1n[nH]c2ccc(-c3ccco3)cc12)c1cccc(O)c1. The minimum atomic E-state index is -0.345. The Bertz CT molecular complexity index is 1020. The van der Waals surface area contributed by atoms with E-state index in [4.69, 9.17) is 4.42 Å². The van der Waals surface area contributed by atoms with Gasteiger partial charge in [0, 0.05) is 16.5 Å². The molecule has 0 aliphatic rings. The summed E-state index contributed by atoms with van der Waals surface area (Å²) in [4.78, 5) is 12.3. The van der Waals surface area contributed by atoms with E-state index in [-0.39, 0.29) is 11.7 Å². The third kappa shape index (κ3) is 2.50. The Morgan fingerprint density at radius 3 is 2.83 bits per heavy atom. The van der Waals surface area contributed by atoms with Crippen LogP contribution in [-0.4, -0.2) is 21.2 Å². The van der Waals surface area contributed by atoms with E-state index < -0.39 is 0 Å². The standard InChI is InChI=1S/C18H13N3O3/c22-13-4-1-3-12(9-13)18(23)19-17-14-10-11(16-5-2-8-24-16)6-7-15(14)20-21-17/h1-10,22H,(H2,19,20,21,23). The van der Waals surface area contributed by atoms with Gasteiger partial charge >= 0.3 is 0 Å². The first-order valence-electron chi connectivity index (χ1n) is 7.33. The molecule has 0 saturated carbocycles. The van der Waals surface area contributed by atoms with Crippen molar-refractivity contribution in [3.63, 3.8) is 0 Å². The van der Waals surface area contributed by atoms with Gasteiger partial charge in [-0.15, -0.1) is 0 Å². The summed E-state index contributed by atoms with van der Waals surface area (Å²) in [7, 11) is 0. The maximum atomic E-state index is 12.3. The summed E-state index contributed by atoms with van der Waals surface area (Å²) < 4.78 is 5.40. The monoisotopic (exact) mass is 319 g/mol. The Morgan fingerprint density at radius 1 is 1.12 bits per heavy atom. The molecule has 0 saturated heterocycles. The lowest BCUT2D eigenvalue weighted by atomic mass is 10.1. The number of carbonyl (C=O) groups excluding carboxylic acids is 1. The van der Waals surface area contributed by atoms with Crippen LogP contribution < -0.4 is 5.32 Å². The lowest BCUT2D eigenvalue weighted by molar-refractivity contribution is 0.102. The molecule has 2 aromatic heterocycles. The third-order valence-electron chi connectivity index (χ3n) is 3.71. The normalized spacial score (nSPS) is 10.8. The van der Waals surface area contributed by atoms with Gasteiger partial charge in [-0.05, 0) is 48.5 Å². The van der Waals surface area contributed by atoms with Crippen LogP contribution in [-0.2, 0) is 0 Å². The fourth-order valence-corrected chi connectivity index (χ4v) is 2.53. The number of hydrogen-bond acceptors (Lipinski definition) is 4.